The maximum Gasteiger partial charge on any atom is 0.228 e. The Kier molecular flexibility index (Phi) is 3.52. The summed E-state index contributed by atoms with van der Waals surface area (Å²) in [5, 5.41) is 4.12. The third-order valence-electron chi connectivity index (χ3n) is 2.69. The fourth-order valence-electron chi connectivity index (χ4n) is 1.81. The molecule has 0 atom stereocenters. The van der Waals surface area contributed by atoms with Crippen LogP contribution in [-0.4, -0.2) is 4.98 Å². The highest BCUT2D eigenvalue weighted by Crippen LogP contribution is 2.32. The Labute approximate surface area is 132 Å². The molecule has 1 heterocycles. The molecular weight excluding hydrogens is 391 g/mol. The number of benzene rings is 2. The fourth-order valence-corrected chi connectivity index (χ4v) is 2.50. The van der Waals surface area contributed by atoms with Gasteiger partial charge in [-0.05, 0) is 64.5 Å². The van der Waals surface area contributed by atoms with Crippen molar-refractivity contribution in [3.63, 3.8) is 0 Å². The van der Waals surface area contributed by atoms with Crippen molar-refractivity contribution in [2.75, 3.05) is 0 Å². The van der Waals surface area contributed by atoms with E-state index in [2.05, 4.69) is 37.6 Å². The molecule has 0 aliphatic carbocycles. The summed E-state index contributed by atoms with van der Waals surface area (Å²) in [6.45, 7) is 0. The third kappa shape index (κ3) is 2.45. The predicted molar refractivity (Wildman–Crippen MR) is 86.0 cm³/mol. The molecule has 3 aromatic rings. The molecule has 20 heavy (non-hydrogen) atoms. The van der Waals surface area contributed by atoms with Crippen LogP contribution in [0.4, 0.5) is 5.69 Å². The van der Waals surface area contributed by atoms with E-state index in [0.717, 1.165) is 9.13 Å². The van der Waals surface area contributed by atoms with Gasteiger partial charge in [-0.1, -0.05) is 16.7 Å². The number of nitrogens with zero attached hydrogens (tertiary/aromatic N) is 4. The smallest absolute Gasteiger partial charge is 0.228 e. The Morgan fingerprint density at radius 1 is 1.25 bits per heavy atom. The zero-order valence-electron chi connectivity index (χ0n) is 9.92. The molecule has 1 aromatic heterocycles. The van der Waals surface area contributed by atoms with Crippen LogP contribution < -0.4 is 0 Å². The van der Waals surface area contributed by atoms with E-state index in [9.17, 15) is 0 Å². The zero-order chi connectivity index (χ0) is 14.1. The SMILES string of the molecule is [N-]=[N+]=Nc1ccc2oc(-c3cc(I)ccc3Cl)nc2c1. The molecule has 0 amide bonds. The van der Waals surface area contributed by atoms with Crippen molar-refractivity contribution >= 4 is 51.0 Å². The standard InChI is InChI=1S/C13H6ClIN4O/c14-10-3-1-7(15)5-9(10)13-17-11-6-8(18-19-16)2-4-12(11)20-13/h1-6H. The quantitative estimate of drug-likeness (QED) is 0.241. The van der Waals surface area contributed by atoms with Crippen molar-refractivity contribution < 1.29 is 4.42 Å². The van der Waals surface area contributed by atoms with Crippen LogP contribution in [0.3, 0.4) is 0 Å². The lowest BCUT2D eigenvalue weighted by Crippen LogP contribution is -1.81. The number of oxazole rings is 1. The normalized spacial score (nSPS) is 10.5. The zero-order valence-corrected chi connectivity index (χ0v) is 12.8. The van der Waals surface area contributed by atoms with E-state index in [1.807, 2.05) is 12.1 Å². The van der Waals surface area contributed by atoms with Crippen LogP contribution in [0.1, 0.15) is 0 Å². The largest absolute Gasteiger partial charge is 0.436 e. The maximum atomic E-state index is 8.44. The number of hydrogen-bond donors (Lipinski definition) is 0. The van der Waals surface area contributed by atoms with Gasteiger partial charge in [0, 0.05) is 14.2 Å². The molecule has 0 N–H and O–H groups in total. The van der Waals surface area contributed by atoms with Gasteiger partial charge in [-0.15, -0.1) is 0 Å². The highest BCUT2D eigenvalue weighted by Gasteiger charge is 2.12. The summed E-state index contributed by atoms with van der Waals surface area (Å²) in [6.07, 6.45) is 0. The molecule has 0 bridgehead atoms. The summed E-state index contributed by atoms with van der Waals surface area (Å²) in [4.78, 5) is 7.14. The summed E-state index contributed by atoms with van der Waals surface area (Å²) in [5.74, 6) is 0.446. The molecule has 0 aliphatic rings. The lowest BCUT2D eigenvalue weighted by atomic mass is 10.2. The van der Waals surface area contributed by atoms with E-state index in [-0.39, 0.29) is 0 Å². The molecular formula is C13H6ClIN4O. The minimum Gasteiger partial charge on any atom is -0.436 e. The van der Waals surface area contributed by atoms with Gasteiger partial charge in [-0.2, -0.15) is 0 Å². The lowest BCUT2D eigenvalue weighted by Gasteiger charge is -1.99. The van der Waals surface area contributed by atoms with E-state index < -0.39 is 0 Å². The first-order valence-electron chi connectivity index (χ1n) is 5.58. The average molecular weight is 397 g/mol. The van der Waals surface area contributed by atoms with Crippen LogP contribution in [0.25, 0.3) is 33.0 Å². The molecule has 0 spiro atoms. The number of halogens is 2. The van der Waals surface area contributed by atoms with Gasteiger partial charge in [0.05, 0.1) is 10.6 Å². The first-order chi connectivity index (χ1) is 9.67. The predicted octanol–water partition coefficient (Wildman–Crippen LogP) is 5.69. The molecule has 98 valence electrons. The van der Waals surface area contributed by atoms with Gasteiger partial charge in [-0.25, -0.2) is 4.98 Å². The summed E-state index contributed by atoms with van der Waals surface area (Å²) in [7, 11) is 0. The lowest BCUT2D eigenvalue weighted by molar-refractivity contribution is 0.620. The van der Waals surface area contributed by atoms with E-state index in [1.54, 1.807) is 24.3 Å². The van der Waals surface area contributed by atoms with Gasteiger partial charge < -0.3 is 4.42 Å². The van der Waals surface area contributed by atoms with E-state index >= 15 is 0 Å². The highest BCUT2D eigenvalue weighted by molar-refractivity contribution is 14.1. The molecule has 7 heteroatoms. The summed E-state index contributed by atoms with van der Waals surface area (Å²) < 4.78 is 6.73. The van der Waals surface area contributed by atoms with E-state index in [4.69, 9.17) is 21.5 Å². The number of azide groups is 1. The second-order valence-corrected chi connectivity index (χ2v) is 5.64. The molecule has 0 fully saturated rings. The van der Waals surface area contributed by atoms with Crippen LogP contribution in [0.15, 0.2) is 45.9 Å². The molecule has 0 radical (unpaired) electrons. The van der Waals surface area contributed by atoms with Gasteiger partial charge in [0.2, 0.25) is 5.89 Å². The Bertz CT molecular complexity index is 855. The molecule has 0 aliphatic heterocycles. The van der Waals surface area contributed by atoms with E-state index in [0.29, 0.717) is 27.7 Å². The van der Waals surface area contributed by atoms with Crippen molar-refractivity contribution in [3.05, 3.63) is 55.4 Å². The highest BCUT2D eigenvalue weighted by atomic mass is 127. The van der Waals surface area contributed by atoms with Gasteiger partial charge in [0.25, 0.3) is 0 Å². The van der Waals surface area contributed by atoms with Crippen LogP contribution in [-0.2, 0) is 0 Å². The van der Waals surface area contributed by atoms with Crippen LogP contribution in [0.2, 0.25) is 5.02 Å². The summed E-state index contributed by atoms with van der Waals surface area (Å²) >= 11 is 8.37. The first-order valence-corrected chi connectivity index (χ1v) is 7.04. The van der Waals surface area contributed by atoms with Gasteiger partial charge in [-0.3, -0.25) is 0 Å². The number of fused-ring (bicyclic) bond motifs is 1. The minimum atomic E-state index is 0.446. The Balaban J connectivity index is 2.17. The second kappa shape index (κ2) is 5.32. The van der Waals surface area contributed by atoms with Gasteiger partial charge in [0.15, 0.2) is 5.58 Å². The summed E-state index contributed by atoms with van der Waals surface area (Å²) in [6, 6.07) is 10.7. The first kappa shape index (κ1) is 13.2. The molecule has 0 saturated carbocycles. The third-order valence-corrected chi connectivity index (χ3v) is 3.69. The average Bonchev–Trinajstić information content (AvgIpc) is 2.85. The topological polar surface area (TPSA) is 74.8 Å². The number of rotatable bonds is 2. The maximum absolute atomic E-state index is 8.44. The molecule has 5 nitrogen and oxygen atoms in total. The second-order valence-electron chi connectivity index (χ2n) is 3.98. The number of aromatic nitrogens is 1. The van der Waals surface area contributed by atoms with E-state index in [1.165, 1.54) is 0 Å². The van der Waals surface area contributed by atoms with Gasteiger partial charge in [0.1, 0.15) is 5.52 Å². The van der Waals surface area contributed by atoms with Crippen molar-refractivity contribution in [1.29, 1.82) is 0 Å². The van der Waals surface area contributed by atoms with Crippen LogP contribution >= 0.6 is 34.2 Å². The van der Waals surface area contributed by atoms with Crippen molar-refractivity contribution in [1.82, 2.24) is 4.98 Å². The molecule has 3 rings (SSSR count). The molecule has 0 unspecified atom stereocenters. The Morgan fingerprint density at radius 2 is 2.10 bits per heavy atom. The fraction of sp³-hybridized carbons (Fsp3) is 0. The van der Waals surface area contributed by atoms with Crippen molar-refractivity contribution in [2.45, 2.75) is 0 Å². The van der Waals surface area contributed by atoms with Crippen molar-refractivity contribution in [3.8, 4) is 11.5 Å². The Morgan fingerprint density at radius 3 is 2.90 bits per heavy atom. The summed E-state index contributed by atoms with van der Waals surface area (Å²) in [5.41, 5.74) is 10.9. The van der Waals surface area contributed by atoms with Gasteiger partial charge >= 0.3 is 0 Å². The monoisotopic (exact) mass is 396 g/mol. The molecule has 0 saturated heterocycles. The van der Waals surface area contributed by atoms with Crippen LogP contribution in [0, 0.1) is 3.57 Å². The Hall–Kier alpha value is -1.76. The van der Waals surface area contributed by atoms with Crippen LogP contribution in [0.5, 0.6) is 0 Å². The minimum absolute atomic E-state index is 0.446. The number of hydrogen-bond acceptors (Lipinski definition) is 3. The molecule has 2 aromatic carbocycles. The van der Waals surface area contributed by atoms with Crippen molar-refractivity contribution in [2.24, 2.45) is 5.11 Å².